The number of benzene rings is 1. The Bertz CT molecular complexity index is 679. The molecule has 0 atom stereocenters. The molecule has 0 aromatic heterocycles. The summed E-state index contributed by atoms with van der Waals surface area (Å²) >= 11 is 0. The third-order valence-corrected chi connectivity index (χ3v) is 3.50. The molecule has 0 saturated heterocycles. The summed E-state index contributed by atoms with van der Waals surface area (Å²) in [6, 6.07) is 4.46. The molecule has 0 saturated carbocycles. The third-order valence-electron chi connectivity index (χ3n) is 2.63. The fourth-order valence-corrected chi connectivity index (χ4v) is 1.93. The van der Waals surface area contributed by atoms with Gasteiger partial charge in [0.1, 0.15) is 0 Å². The second kappa shape index (κ2) is 7.57. The van der Waals surface area contributed by atoms with Crippen molar-refractivity contribution in [3.63, 3.8) is 0 Å². The quantitative estimate of drug-likeness (QED) is 0.355. The summed E-state index contributed by atoms with van der Waals surface area (Å²) in [6.45, 7) is 1.71. The minimum absolute atomic E-state index is 0.197. The highest BCUT2D eigenvalue weighted by Crippen LogP contribution is 2.13. The van der Waals surface area contributed by atoms with Crippen molar-refractivity contribution in [3.8, 4) is 0 Å². The van der Waals surface area contributed by atoms with Crippen LogP contribution in [-0.2, 0) is 14.9 Å². The summed E-state index contributed by atoms with van der Waals surface area (Å²) in [4.78, 5) is 21.8. The van der Waals surface area contributed by atoms with Gasteiger partial charge in [-0.15, -0.1) is 0 Å². The van der Waals surface area contributed by atoms with E-state index in [0.29, 0.717) is 12.1 Å². The van der Waals surface area contributed by atoms with Crippen molar-refractivity contribution in [2.45, 2.75) is 18.2 Å². The first-order chi connectivity index (χ1) is 10.2. The number of urea groups is 1. The number of nitrogens with one attached hydrogen (secondary N) is 2. The Morgan fingerprint density at radius 3 is 2.32 bits per heavy atom. The van der Waals surface area contributed by atoms with E-state index >= 15 is 0 Å². The molecule has 0 aliphatic carbocycles. The van der Waals surface area contributed by atoms with Crippen molar-refractivity contribution in [2.24, 2.45) is 0 Å². The maximum Gasteiger partial charge on any atom is 0.330 e. The lowest BCUT2D eigenvalue weighted by Gasteiger charge is -2.07. The first kappa shape index (κ1) is 17.7. The van der Waals surface area contributed by atoms with Gasteiger partial charge in [-0.3, -0.25) is 4.55 Å². The van der Waals surface area contributed by atoms with Crippen LogP contribution in [0.2, 0.25) is 0 Å². The Hall–Kier alpha value is -2.39. The molecule has 9 heteroatoms. The van der Waals surface area contributed by atoms with E-state index in [-0.39, 0.29) is 17.0 Å². The fraction of sp³-hybridized carbons (Fsp3) is 0.231. The van der Waals surface area contributed by atoms with Crippen molar-refractivity contribution in [2.75, 3.05) is 11.9 Å². The molecular weight excluding hydrogens is 312 g/mol. The zero-order valence-electron chi connectivity index (χ0n) is 11.7. The minimum Gasteiger partial charge on any atom is -0.478 e. The van der Waals surface area contributed by atoms with Crippen LogP contribution >= 0.6 is 0 Å². The maximum atomic E-state index is 11.5. The second-order valence-electron chi connectivity index (χ2n) is 4.36. The number of carbonyl (C=O) groups excluding carboxylic acids is 1. The molecule has 0 radical (unpaired) electrons. The third kappa shape index (κ3) is 5.94. The van der Waals surface area contributed by atoms with Gasteiger partial charge in [0.15, 0.2) is 0 Å². The number of hydrogen-bond acceptors (Lipinski definition) is 4. The standard InChI is InChI=1S/C13H16N2O6S/c1-9(12(16)17)3-2-8-14-13(18)15-10-4-6-11(7-5-10)22(19,20)21/h3-7H,2,8H2,1H3,(H,16,17)(H2,14,15,18)(H,19,20,21)/b9-3+. The van der Waals surface area contributed by atoms with Crippen LogP contribution < -0.4 is 10.6 Å². The summed E-state index contributed by atoms with van der Waals surface area (Å²) in [7, 11) is -4.26. The van der Waals surface area contributed by atoms with Crippen molar-refractivity contribution in [3.05, 3.63) is 35.9 Å². The van der Waals surface area contributed by atoms with Gasteiger partial charge >= 0.3 is 12.0 Å². The van der Waals surface area contributed by atoms with Gasteiger partial charge in [-0.25, -0.2) is 9.59 Å². The van der Waals surface area contributed by atoms with Crippen LogP contribution in [0.4, 0.5) is 10.5 Å². The SMILES string of the molecule is C/C(=C\CCNC(=O)Nc1ccc(S(=O)(=O)O)cc1)C(=O)O. The van der Waals surface area contributed by atoms with E-state index in [1.807, 2.05) is 0 Å². The summed E-state index contributed by atoms with van der Waals surface area (Å²) in [6.07, 6.45) is 1.86. The van der Waals surface area contributed by atoms with Crippen LogP contribution in [0.15, 0.2) is 40.8 Å². The van der Waals surface area contributed by atoms with E-state index in [4.69, 9.17) is 9.66 Å². The lowest BCUT2D eigenvalue weighted by atomic mass is 10.2. The number of anilines is 1. The molecule has 0 heterocycles. The molecule has 0 unspecified atom stereocenters. The highest BCUT2D eigenvalue weighted by molar-refractivity contribution is 7.85. The van der Waals surface area contributed by atoms with Gasteiger partial charge in [0.2, 0.25) is 0 Å². The average molecular weight is 328 g/mol. The molecule has 4 N–H and O–H groups in total. The largest absolute Gasteiger partial charge is 0.478 e. The maximum absolute atomic E-state index is 11.5. The van der Waals surface area contributed by atoms with Crippen molar-refractivity contribution in [1.29, 1.82) is 0 Å². The Balaban J connectivity index is 2.46. The number of hydrogen-bond donors (Lipinski definition) is 4. The molecule has 8 nitrogen and oxygen atoms in total. The fourth-order valence-electron chi connectivity index (χ4n) is 1.45. The number of carboxylic acid groups (broad SMARTS) is 1. The lowest BCUT2D eigenvalue weighted by Crippen LogP contribution is -2.29. The Labute approximate surface area is 127 Å². The zero-order chi connectivity index (χ0) is 16.8. The second-order valence-corrected chi connectivity index (χ2v) is 5.78. The smallest absolute Gasteiger partial charge is 0.330 e. The summed E-state index contributed by atoms with van der Waals surface area (Å²) in [5.74, 6) is -1.01. The van der Waals surface area contributed by atoms with E-state index in [9.17, 15) is 18.0 Å². The van der Waals surface area contributed by atoms with Crippen LogP contribution in [0.5, 0.6) is 0 Å². The Kier molecular flexibility index (Phi) is 6.08. The number of carbonyl (C=O) groups is 2. The number of carboxylic acids is 1. The molecule has 0 aliphatic heterocycles. The predicted molar refractivity (Wildman–Crippen MR) is 79.3 cm³/mol. The van der Waals surface area contributed by atoms with Gasteiger partial charge in [0.25, 0.3) is 10.1 Å². The molecule has 0 aliphatic rings. The number of aliphatic carboxylic acids is 1. The first-order valence-corrected chi connectivity index (χ1v) is 7.66. The van der Waals surface area contributed by atoms with Gasteiger partial charge < -0.3 is 15.7 Å². The highest BCUT2D eigenvalue weighted by atomic mass is 32.2. The lowest BCUT2D eigenvalue weighted by molar-refractivity contribution is -0.132. The Morgan fingerprint density at radius 1 is 1.23 bits per heavy atom. The van der Waals surface area contributed by atoms with Crippen LogP contribution in [0, 0.1) is 0 Å². The highest BCUT2D eigenvalue weighted by Gasteiger charge is 2.09. The van der Waals surface area contributed by atoms with Crippen molar-refractivity contribution >= 4 is 27.8 Å². The summed E-state index contributed by atoms with van der Waals surface area (Å²) in [5, 5.41) is 13.6. The molecule has 120 valence electrons. The topological polar surface area (TPSA) is 133 Å². The van der Waals surface area contributed by atoms with Crippen molar-refractivity contribution < 1.29 is 27.7 Å². The normalized spacial score (nSPS) is 11.8. The summed E-state index contributed by atoms with van der Waals surface area (Å²) in [5.41, 5.74) is 0.546. The molecule has 2 amide bonds. The van der Waals surface area contributed by atoms with E-state index in [1.54, 1.807) is 0 Å². The van der Waals surface area contributed by atoms with Crippen LogP contribution in [0.3, 0.4) is 0 Å². The number of amides is 2. The van der Waals surface area contributed by atoms with Crippen LogP contribution in [0.1, 0.15) is 13.3 Å². The molecule has 22 heavy (non-hydrogen) atoms. The van der Waals surface area contributed by atoms with Crippen molar-refractivity contribution in [1.82, 2.24) is 5.32 Å². The van der Waals surface area contributed by atoms with Crippen LogP contribution in [0.25, 0.3) is 0 Å². The minimum atomic E-state index is -4.26. The molecule has 1 aromatic carbocycles. The van der Waals surface area contributed by atoms with Gasteiger partial charge in [0.05, 0.1) is 4.90 Å². The molecule has 1 aromatic rings. The van der Waals surface area contributed by atoms with Gasteiger partial charge in [-0.1, -0.05) is 6.08 Å². The van der Waals surface area contributed by atoms with Crippen LogP contribution in [-0.4, -0.2) is 36.6 Å². The predicted octanol–water partition coefficient (Wildman–Crippen LogP) is 1.48. The van der Waals surface area contributed by atoms with E-state index in [2.05, 4.69) is 10.6 Å². The molecule has 0 bridgehead atoms. The molecule has 0 spiro atoms. The average Bonchev–Trinajstić information content (AvgIpc) is 2.42. The van der Waals surface area contributed by atoms with E-state index in [1.165, 1.54) is 25.1 Å². The van der Waals surface area contributed by atoms with Gasteiger partial charge in [-0.05, 0) is 37.6 Å². The molecular formula is C13H16N2O6S. The Morgan fingerprint density at radius 2 is 1.82 bits per heavy atom. The summed E-state index contributed by atoms with van der Waals surface area (Å²) < 4.78 is 30.5. The number of rotatable bonds is 6. The van der Waals surface area contributed by atoms with E-state index in [0.717, 1.165) is 12.1 Å². The monoisotopic (exact) mass is 328 g/mol. The van der Waals surface area contributed by atoms with E-state index < -0.39 is 22.1 Å². The molecule has 1 rings (SSSR count). The van der Waals surface area contributed by atoms with Gasteiger partial charge in [0, 0.05) is 17.8 Å². The zero-order valence-corrected chi connectivity index (χ0v) is 12.6. The first-order valence-electron chi connectivity index (χ1n) is 6.22. The molecule has 0 fully saturated rings. The van der Waals surface area contributed by atoms with Gasteiger partial charge in [-0.2, -0.15) is 8.42 Å².